The van der Waals surface area contributed by atoms with Gasteiger partial charge in [-0.3, -0.25) is 4.79 Å². The van der Waals surface area contributed by atoms with E-state index in [-0.39, 0.29) is 11.8 Å². The van der Waals surface area contributed by atoms with Crippen molar-refractivity contribution in [1.82, 2.24) is 24.7 Å². The van der Waals surface area contributed by atoms with Gasteiger partial charge in [-0.1, -0.05) is 11.3 Å². The lowest BCUT2D eigenvalue weighted by Gasteiger charge is -2.38. The predicted octanol–water partition coefficient (Wildman–Crippen LogP) is 2.30. The molecule has 11 heteroatoms. The van der Waals surface area contributed by atoms with E-state index in [1.165, 1.54) is 6.33 Å². The molecule has 1 N–H and O–H groups in total. The number of aromatic nitrogens is 5. The Morgan fingerprint density at radius 3 is 2.61 bits per heavy atom. The largest absolute Gasteiger partial charge is 0.462 e. The van der Waals surface area contributed by atoms with E-state index in [4.69, 9.17) is 4.74 Å². The fraction of sp³-hybridized carbons (Fsp3) is 0.400. The van der Waals surface area contributed by atoms with Gasteiger partial charge in [-0.25, -0.2) is 24.4 Å². The molecule has 0 bridgehead atoms. The second kappa shape index (κ2) is 8.42. The number of thiazole rings is 1. The minimum absolute atomic E-state index is 0.131. The van der Waals surface area contributed by atoms with Gasteiger partial charge in [0.2, 0.25) is 5.91 Å². The Balaban J connectivity index is 1.38. The Morgan fingerprint density at radius 2 is 1.94 bits per heavy atom. The molecule has 0 atom stereocenters. The minimum Gasteiger partial charge on any atom is -0.462 e. The SMILES string of the molecule is CCOC(=O)c1sc(NC(=O)C2CN(c3cc(-n4nc(C)cc4C)ncn3)C2)nc1C. The summed E-state index contributed by atoms with van der Waals surface area (Å²) in [5, 5.41) is 7.66. The first-order valence-electron chi connectivity index (χ1n) is 9.91. The number of esters is 1. The van der Waals surface area contributed by atoms with Crippen molar-refractivity contribution in [2.75, 3.05) is 29.9 Å². The van der Waals surface area contributed by atoms with Gasteiger partial charge >= 0.3 is 5.97 Å². The number of carbonyl (C=O) groups excluding carboxylic acids is 2. The summed E-state index contributed by atoms with van der Waals surface area (Å²) >= 11 is 1.13. The molecule has 0 unspecified atom stereocenters. The van der Waals surface area contributed by atoms with Gasteiger partial charge in [-0.15, -0.1) is 0 Å². The lowest BCUT2D eigenvalue weighted by molar-refractivity contribution is -0.120. The summed E-state index contributed by atoms with van der Waals surface area (Å²) < 4.78 is 6.79. The molecule has 1 aliphatic heterocycles. The van der Waals surface area contributed by atoms with Crippen LogP contribution in [0.5, 0.6) is 0 Å². The van der Waals surface area contributed by atoms with Gasteiger partial charge in [0, 0.05) is 24.8 Å². The van der Waals surface area contributed by atoms with Gasteiger partial charge < -0.3 is 15.0 Å². The third-order valence-corrected chi connectivity index (χ3v) is 5.98. The van der Waals surface area contributed by atoms with E-state index in [0.29, 0.717) is 41.2 Å². The second-order valence-electron chi connectivity index (χ2n) is 7.32. The van der Waals surface area contributed by atoms with Gasteiger partial charge in [-0.05, 0) is 33.8 Å². The van der Waals surface area contributed by atoms with E-state index in [2.05, 4.69) is 25.4 Å². The molecule has 1 aliphatic rings. The predicted molar refractivity (Wildman–Crippen MR) is 116 cm³/mol. The number of hydrogen-bond donors (Lipinski definition) is 1. The first kappa shape index (κ1) is 20.9. The molecule has 1 saturated heterocycles. The molecule has 0 saturated carbocycles. The van der Waals surface area contributed by atoms with Crippen LogP contribution >= 0.6 is 11.3 Å². The zero-order chi connectivity index (χ0) is 22.1. The highest BCUT2D eigenvalue weighted by Gasteiger charge is 2.34. The van der Waals surface area contributed by atoms with Crippen LogP contribution in [0.2, 0.25) is 0 Å². The van der Waals surface area contributed by atoms with Crippen molar-refractivity contribution >= 4 is 34.2 Å². The number of rotatable bonds is 6. The van der Waals surface area contributed by atoms with Crippen LogP contribution in [0.3, 0.4) is 0 Å². The van der Waals surface area contributed by atoms with Crippen LogP contribution in [-0.4, -0.2) is 56.3 Å². The average molecular weight is 442 g/mol. The molecular weight excluding hydrogens is 418 g/mol. The summed E-state index contributed by atoms with van der Waals surface area (Å²) in [4.78, 5) is 39.9. The van der Waals surface area contributed by atoms with Crippen LogP contribution in [0.4, 0.5) is 10.9 Å². The zero-order valence-corrected chi connectivity index (χ0v) is 18.6. The van der Waals surface area contributed by atoms with Crippen LogP contribution in [0.15, 0.2) is 18.5 Å². The van der Waals surface area contributed by atoms with Crippen molar-refractivity contribution in [3.63, 3.8) is 0 Å². The van der Waals surface area contributed by atoms with Crippen molar-refractivity contribution < 1.29 is 14.3 Å². The number of carbonyl (C=O) groups is 2. The quantitative estimate of drug-likeness (QED) is 0.580. The van der Waals surface area contributed by atoms with Crippen molar-refractivity contribution in [2.24, 2.45) is 5.92 Å². The molecule has 4 heterocycles. The standard InChI is InChI=1S/C20H23N7O3S/c1-5-30-19(29)17-13(4)23-20(31-17)24-18(28)14-8-26(9-14)15-7-16(22-10-21-15)27-12(3)6-11(2)25-27/h6-7,10,14H,5,8-9H2,1-4H3,(H,23,24,28). The molecule has 3 aromatic rings. The number of hydrogen-bond acceptors (Lipinski definition) is 9. The highest BCUT2D eigenvalue weighted by atomic mass is 32.1. The Labute approximate surface area is 183 Å². The molecule has 0 spiro atoms. The maximum absolute atomic E-state index is 12.6. The van der Waals surface area contributed by atoms with E-state index in [1.54, 1.807) is 18.5 Å². The molecule has 4 rings (SSSR count). The van der Waals surface area contributed by atoms with Crippen molar-refractivity contribution in [3.05, 3.63) is 40.4 Å². The molecule has 0 aromatic carbocycles. The number of anilines is 2. The molecule has 162 valence electrons. The third kappa shape index (κ3) is 4.26. The van der Waals surface area contributed by atoms with Gasteiger partial charge in [0.05, 0.1) is 23.9 Å². The summed E-state index contributed by atoms with van der Waals surface area (Å²) in [6.45, 7) is 8.74. The van der Waals surface area contributed by atoms with E-state index in [9.17, 15) is 9.59 Å². The number of nitrogens with zero attached hydrogens (tertiary/aromatic N) is 6. The lowest BCUT2D eigenvalue weighted by atomic mass is 9.99. The Bertz CT molecular complexity index is 1130. The summed E-state index contributed by atoms with van der Waals surface area (Å²) in [6, 6.07) is 3.85. The highest BCUT2D eigenvalue weighted by molar-refractivity contribution is 7.17. The van der Waals surface area contributed by atoms with E-state index in [1.807, 2.05) is 30.9 Å². The Hall–Kier alpha value is -3.34. The molecular formula is C20H23N7O3S. The van der Waals surface area contributed by atoms with E-state index >= 15 is 0 Å². The lowest BCUT2D eigenvalue weighted by Crippen LogP contribution is -2.52. The first-order valence-corrected chi connectivity index (χ1v) is 10.7. The average Bonchev–Trinajstić information content (AvgIpc) is 3.22. The minimum atomic E-state index is -0.421. The van der Waals surface area contributed by atoms with Gasteiger partial charge in [0.25, 0.3) is 0 Å². The first-order chi connectivity index (χ1) is 14.9. The van der Waals surface area contributed by atoms with Crippen molar-refractivity contribution in [2.45, 2.75) is 27.7 Å². The summed E-state index contributed by atoms with van der Waals surface area (Å²) in [5.41, 5.74) is 2.46. The van der Waals surface area contributed by atoms with Crippen LogP contribution in [0.25, 0.3) is 5.82 Å². The summed E-state index contributed by atoms with van der Waals surface area (Å²) in [6.07, 6.45) is 1.50. The Morgan fingerprint density at radius 1 is 1.19 bits per heavy atom. The highest BCUT2D eigenvalue weighted by Crippen LogP contribution is 2.27. The molecule has 0 radical (unpaired) electrons. The molecule has 0 aliphatic carbocycles. The fourth-order valence-electron chi connectivity index (χ4n) is 3.36. The maximum atomic E-state index is 12.6. The fourth-order valence-corrected chi connectivity index (χ4v) is 4.22. The van der Waals surface area contributed by atoms with Crippen LogP contribution in [0, 0.1) is 26.7 Å². The Kier molecular flexibility index (Phi) is 5.68. The van der Waals surface area contributed by atoms with Crippen molar-refractivity contribution in [1.29, 1.82) is 0 Å². The third-order valence-electron chi connectivity index (χ3n) is 4.93. The number of ether oxygens (including phenoxy) is 1. The van der Waals surface area contributed by atoms with E-state index in [0.717, 1.165) is 28.5 Å². The maximum Gasteiger partial charge on any atom is 0.350 e. The van der Waals surface area contributed by atoms with Crippen LogP contribution in [0.1, 0.15) is 33.7 Å². The van der Waals surface area contributed by atoms with Crippen LogP contribution in [-0.2, 0) is 9.53 Å². The smallest absolute Gasteiger partial charge is 0.350 e. The number of amides is 1. The molecule has 31 heavy (non-hydrogen) atoms. The van der Waals surface area contributed by atoms with Gasteiger partial charge in [-0.2, -0.15) is 5.10 Å². The molecule has 1 amide bonds. The monoisotopic (exact) mass is 441 g/mol. The molecule has 1 fully saturated rings. The molecule has 3 aromatic heterocycles. The number of aryl methyl sites for hydroxylation is 3. The zero-order valence-electron chi connectivity index (χ0n) is 17.7. The summed E-state index contributed by atoms with van der Waals surface area (Å²) in [7, 11) is 0. The van der Waals surface area contributed by atoms with Gasteiger partial charge in [0.1, 0.15) is 17.0 Å². The van der Waals surface area contributed by atoms with Crippen LogP contribution < -0.4 is 10.2 Å². The normalized spacial score (nSPS) is 13.7. The van der Waals surface area contributed by atoms with E-state index < -0.39 is 5.97 Å². The molecule has 10 nitrogen and oxygen atoms in total. The van der Waals surface area contributed by atoms with Gasteiger partial charge in [0.15, 0.2) is 10.9 Å². The van der Waals surface area contributed by atoms with Crippen molar-refractivity contribution in [3.8, 4) is 5.82 Å². The number of nitrogens with one attached hydrogen (secondary N) is 1. The topological polar surface area (TPSA) is 115 Å². The summed E-state index contributed by atoms with van der Waals surface area (Å²) in [5.74, 6) is 0.690. The second-order valence-corrected chi connectivity index (χ2v) is 8.32.